The molecule has 0 atom stereocenters. The molecular weight excluding hydrogens is 442 g/mol. The highest BCUT2D eigenvalue weighted by molar-refractivity contribution is 7.87. The van der Waals surface area contributed by atoms with Crippen molar-refractivity contribution < 1.29 is 36.6 Å². The van der Waals surface area contributed by atoms with Gasteiger partial charge in [0.25, 0.3) is 5.69 Å². The lowest BCUT2D eigenvalue weighted by Crippen LogP contribution is -2.11. The Morgan fingerprint density at radius 2 is 1.41 bits per heavy atom. The third kappa shape index (κ3) is 5.26. The van der Waals surface area contributed by atoms with Crippen LogP contribution in [-0.4, -0.2) is 32.4 Å². The van der Waals surface area contributed by atoms with Gasteiger partial charge in [0.1, 0.15) is 16.4 Å². The maximum atomic E-state index is 12.4. The highest BCUT2D eigenvalue weighted by Gasteiger charge is 2.20. The highest BCUT2D eigenvalue weighted by atomic mass is 32.2. The molecule has 0 fully saturated rings. The molecule has 0 amide bonds. The maximum Gasteiger partial charge on any atom is 0.343 e. The Kier molecular flexibility index (Phi) is 6.50. The van der Waals surface area contributed by atoms with E-state index in [4.69, 9.17) is 8.92 Å². The Hall–Kier alpha value is -4.25. The van der Waals surface area contributed by atoms with Crippen LogP contribution in [0, 0.1) is 10.1 Å². The molecule has 10 nitrogen and oxygen atoms in total. The van der Waals surface area contributed by atoms with E-state index in [-0.39, 0.29) is 22.0 Å². The summed E-state index contributed by atoms with van der Waals surface area (Å²) >= 11 is 0. The van der Waals surface area contributed by atoms with E-state index >= 15 is 0 Å². The van der Waals surface area contributed by atoms with Gasteiger partial charge in [0, 0.05) is 12.1 Å². The number of hydrogen-bond donors (Lipinski definition) is 0. The standard InChI is InChI=1S/C21H15NO9S/c1-29-20(23)14-5-9-17(10-6-14)30-21(24)15-7-11-18(12-8-15)31-32(27,28)19-4-2-3-16(13-19)22(25)26/h2-13H,1H3. The van der Waals surface area contributed by atoms with E-state index < -0.39 is 32.7 Å². The first-order valence-corrected chi connectivity index (χ1v) is 10.3. The third-order valence-electron chi connectivity index (χ3n) is 4.10. The smallest absolute Gasteiger partial charge is 0.343 e. The van der Waals surface area contributed by atoms with Crippen LogP contribution in [0.4, 0.5) is 5.69 Å². The van der Waals surface area contributed by atoms with Crippen LogP contribution in [0.25, 0.3) is 0 Å². The second-order valence-corrected chi connectivity index (χ2v) is 7.77. The zero-order valence-corrected chi connectivity index (χ0v) is 17.3. The number of nitro groups is 1. The summed E-state index contributed by atoms with van der Waals surface area (Å²) in [6.07, 6.45) is 0. The normalized spacial score (nSPS) is 10.8. The fraction of sp³-hybridized carbons (Fsp3) is 0.0476. The molecule has 32 heavy (non-hydrogen) atoms. The predicted octanol–water partition coefficient (Wildman–Crippen LogP) is 3.37. The first-order chi connectivity index (χ1) is 15.2. The van der Waals surface area contributed by atoms with Gasteiger partial charge in [-0.3, -0.25) is 10.1 Å². The highest BCUT2D eigenvalue weighted by Crippen LogP contribution is 2.23. The molecule has 0 aromatic heterocycles. The van der Waals surface area contributed by atoms with Crippen molar-refractivity contribution in [3.8, 4) is 11.5 Å². The number of esters is 2. The first kappa shape index (κ1) is 22.4. The number of carbonyl (C=O) groups excluding carboxylic acids is 2. The summed E-state index contributed by atoms with van der Waals surface area (Å²) in [5, 5.41) is 10.8. The lowest BCUT2D eigenvalue weighted by Gasteiger charge is -2.08. The Morgan fingerprint density at radius 1 is 0.844 bits per heavy atom. The average molecular weight is 457 g/mol. The fourth-order valence-corrected chi connectivity index (χ4v) is 3.49. The number of methoxy groups -OCH3 is 1. The molecule has 0 heterocycles. The molecule has 0 aliphatic rings. The summed E-state index contributed by atoms with van der Waals surface area (Å²) in [7, 11) is -3.07. The van der Waals surface area contributed by atoms with E-state index in [2.05, 4.69) is 4.74 Å². The summed E-state index contributed by atoms with van der Waals surface area (Å²) in [5.74, 6) is -1.16. The number of carbonyl (C=O) groups is 2. The summed E-state index contributed by atoms with van der Waals surface area (Å²) in [6, 6.07) is 15.2. The van der Waals surface area contributed by atoms with E-state index in [1.54, 1.807) is 0 Å². The average Bonchev–Trinajstić information content (AvgIpc) is 2.79. The van der Waals surface area contributed by atoms with Gasteiger partial charge in [0.05, 0.1) is 23.2 Å². The van der Waals surface area contributed by atoms with Crippen molar-refractivity contribution in [3.63, 3.8) is 0 Å². The van der Waals surface area contributed by atoms with Crippen LogP contribution < -0.4 is 8.92 Å². The largest absolute Gasteiger partial charge is 0.465 e. The molecule has 0 spiro atoms. The summed E-state index contributed by atoms with van der Waals surface area (Å²) in [5.41, 5.74) is 0.00767. The molecule has 11 heteroatoms. The van der Waals surface area contributed by atoms with Gasteiger partial charge in [0.15, 0.2) is 0 Å². The summed E-state index contributed by atoms with van der Waals surface area (Å²) in [6.45, 7) is 0. The quantitative estimate of drug-likeness (QED) is 0.172. The molecule has 3 aromatic carbocycles. The SMILES string of the molecule is COC(=O)c1ccc(OC(=O)c2ccc(OS(=O)(=O)c3cccc([N+](=O)[O-])c3)cc2)cc1. The summed E-state index contributed by atoms with van der Waals surface area (Å²) in [4.78, 5) is 33.4. The topological polar surface area (TPSA) is 139 Å². The van der Waals surface area contributed by atoms with Gasteiger partial charge in [-0.2, -0.15) is 8.42 Å². The minimum Gasteiger partial charge on any atom is -0.465 e. The van der Waals surface area contributed by atoms with Gasteiger partial charge in [-0.05, 0) is 54.6 Å². The molecule has 0 radical (unpaired) electrons. The lowest BCUT2D eigenvalue weighted by molar-refractivity contribution is -0.385. The molecule has 0 saturated carbocycles. The van der Waals surface area contributed by atoms with Crippen molar-refractivity contribution in [2.45, 2.75) is 4.90 Å². The lowest BCUT2D eigenvalue weighted by atomic mass is 10.2. The second-order valence-electron chi connectivity index (χ2n) is 6.22. The Morgan fingerprint density at radius 3 is 1.97 bits per heavy atom. The van der Waals surface area contributed by atoms with Gasteiger partial charge in [-0.15, -0.1) is 0 Å². The van der Waals surface area contributed by atoms with E-state index in [9.17, 15) is 28.1 Å². The van der Waals surface area contributed by atoms with Crippen LogP contribution in [0.5, 0.6) is 11.5 Å². The Labute approximate surface area is 182 Å². The number of nitro benzene ring substituents is 1. The maximum absolute atomic E-state index is 12.4. The number of ether oxygens (including phenoxy) is 2. The van der Waals surface area contributed by atoms with Crippen LogP contribution in [0.15, 0.2) is 77.7 Å². The van der Waals surface area contributed by atoms with Crippen molar-refractivity contribution in [1.29, 1.82) is 0 Å². The zero-order valence-electron chi connectivity index (χ0n) is 16.5. The zero-order chi connectivity index (χ0) is 23.3. The van der Waals surface area contributed by atoms with Crippen molar-refractivity contribution in [1.82, 2.24) is 0 Å². The number of benzene rings is 3. The number of nitrogens with zero attached hydrogens (tertiary/aromatic N) is 1. The fourth-order valence-electron chi connectivity index (χ4n) is 2.52. The van der Waals surface area contributed by atoms with Crippen molar-refractivity contribution in [2.75, 3.05) is 7.11 Å². The predicted molar refractivity (Wildman–Crippen MR) is 110 cm³/mol. The second kappa shape index (κ2) is 9.27. The monoisotopic (exact) mass is 457 g/mol. The van der Waals surface area contributed by atoms with Crippen LogP contribution >= 0.6 is 0 Å². The van der Waals surface area contributed by atoms with Gasteiger partial charge < -0.3 is 13.7 Å². The molecule has 0 saturated heterocycles. The molecular formula is C21H15NO9S. The van der Waals surface area contributed by atoms with Crippen LogP contribution in [-0.2, 0) is 14.9 Å². The molecule has 0 aliphatic carbocycles. The van der Waals surface area contributed by atoms with Crippen molar-refractivity contribution in [3.05, 3.63) is 94.0 Å². The van der Waals surface area contributed by atoms with Crippen LogP contribution in [0.1, 0.15) is 20.7 Å². The van der Waals surface area contributed by atoms with Gasteiger partial charge in [0.2, 0.25) is 0 Å². The molecule has 164 valence electrons. The van der Waals surface area contributed by atoms with E-state index in [1.165, 1.54) is 67.8 Å². The summed E-state index contributed by atoms with van der Waals surface area (Å²) < 4.78 is 39.5. The third-order valence-corrected chi connectivity index (χ3v) is 5.34. The number of non-ortho nitro benzene ring substituents is 1. The molecule has 0 bridgehead atoms. The number of hydrogen-bond acceptors (Lipinski definition) is 9. The first-order valence-electron chi connectivity index (χ1n) is 8.89. The number of rotatable bonds is 7. The Bertz CT molecular complexity index is 1270. The van der Waals surface area contributed by atoms with Gasteiger partial charge in [-0.25, -0.2) is 9.59 Å². The molecule has 0 N–H and O–H groups in total. The molecule has 0 unspecified atom stereocenters. The van der Waals surface area contributed by atoms with Crippen molar-refractivity contribution >= 4 is 27.7 Å². The molecule has 3 aromatic rings. The molecule has 3 rings (SSSR count). The van der Waals surface area contributed by atoms with Gasteiger partial charge in [-0.1, -0.05) is 6.07 Å². The van der Waals surface area contributed by atoms with Gasteiger partial charge >= 0.3 is 22.1 Å². The van der Waals surface area contributed by atoms with E-state index in [1.807, 2.05) is 0 Å². The minimum atomic E-state index is -4.32. The Balaban J connectivity index is 1.69. The molecule has 0 aliphatic heterocycles. The van der Waals surface area contributed by atoms with Crippen molar-refractivity contribution in [2.24, 2.45) is 0 Å². The minimum absolute atomic E-state index is 0.101. The van der Waals surface area contributed by atoms with E-state index in [0.29, 0.717) is 5.56 Å². The van der Waals surface area contributed by atoms with Crippen LogP contribution in [0.3, 0.4) is 0 Å². The van der Waals surface area contributed by atoms with Crippen LogP contribution in [0.2, 0.25) is 0 Å². The van der Waals surface area contributed by atoms with E-state index in [0.717, 1.165) is 12.1 Å².